The van der Waals surface area contributed by atoms with Crippen molar-refractivity contribution >= 4 is 11.9 Å². The molecular weight excluding hydrogens is 1490 g/mol. The SMILES string of the molecule is COCCOCCOCCOc1cc(C(=O)NCC(CO)(CO)CCOC(=O)c2cc(OCCOCCOCCOCc3ccc(OC)cc3)c(OCCOCCOCCOCc3ccccc3)c(OCCOCCOCCOCc3ccc(OC)cc3)c2)cc(OCCOCCOCCOC)c1OCCOCCOCCOC. The number of aliphatic hydroxyl groups excluding tert-OH is 2. The minimum absolute atomic E-state index is 0.00354. The molecule has 0 fully saturated rings. The molecule has 0 unspecified atom stereocenters. The minimum Gasteiger partial charge on any atom is -0.497 e. The van der Waals surface area contributed by atoms with E-state index in [0.717, 1.165) is 28.2 Å². The van der Waals surface area contributed by atoms with Crippen molar-refractivity contribution < 1.29 is 148 Å². The normalized spacial score (nSPS) is 11.4. The molecule has 1 amide bonds. The van der Waals surface area contributed by atoms with Gasteiger partial charge in [-0.2, -0.15) is 0 Å². The fourth-order valence-corrected chi connectivity index (χ4v) is 9.88. The van der Waals surface area contributed by atoms with Crippen molar-refractivity contribution in [1.29, 1.82) is 0 Å². The zero-order chi connectivity index (χ0) is 81.1. The van der Waals surface area contributed by atoms with E-state index in [9.17, 15) is 19.8 Å². The second-order valence-electron chi connectivity index (χ2n) is 24.7. The lowest BCUT2D eigenvalue weighted by atomic mass is 9.86. The Labute approximate surface area is 670 Å². The highest BCUT2D eigenvalue weighted by Crippen LogP contribution is 2.41. The summed E-state index contributed by atoms with van der Waals surface area (Å²) in [4.78, 5) is 28.8. The maximum Gasteiger partial charge on any atom is 0.338 e. The van der Waals surface area contributed by atoms with Gasteiger partial charge in [-0.05, 0) is 71.6 Å². The molecule has 642 valence electrons. The predicted molar refractivity (Wildman–Crippen MR) is 417 cm³/mol. The van der Waals surface area contributed by atoms with E-state index < -0.39 is 30.5 Å². The lowest BCUT2D eigenvalue weighted by Gasteiger charge is -2.30. The maximum atomic E-state index is 14.4. The largest absolute Gasteiger partial charge is 0.497 e. The van der Waals surface area contributed by atoms with E-state index in [1.807, 2.05) is 78.9 Å². The van der Waals surface area contributed by atoms with Crippen LogP contribution in [0.1, 0.15) is 43.8 Å². The Hall–Kier alpha value is -7.36. The van der Waals surface area contributed by atoms with Crippen LogP contribution in [-0.2, 0) is 110 Å². The number of nitrogens with one attached hydrogen (secondary N) is 1. The number of methoxy groups -OCH3 is 5. The van der Waals surface area contributed by atoms with Gasteiger partial charge in [0.25, 0.3) is 5.91 Å². The first kappa shape index (κ1) is 97.2. The quantitative estimate of drug-likeness (QED) is 0.0269. The third-order valence-electron chi connectivity index (χ3n) is 16.2. The van der Waals surface area contributed by atoms with Gasteiger partial charge in [0.1, 0.15) is 51.1 Å². The van der Waals surface area contributed by atoms with Crippen LogP contribution in [-0.4, -0.2) is 322 Å². The molecule has 0 spiro atoms. The van der Waals surface area contributed by atoms with Crippen molar-refractivity contribution in [2.75, 3.05) is 300 Å². The summed E-state index contributed by atoms with van der Waals surface area (Å²) in [6, 6.07) is 31.0. The molecule has 0 saturated carbocycles. The van der Waals surface area contributed by atoms with E-state index in [-0.39, 0.29) is 178 Å². The monoisotopic (exact) mass is 1620 g/mol. The lowest BCUT2D eigenvalue weighted by molar-refractivity contribution is 0.00363. The molecule has 3 N–H and O–H groups in total. The molecule has 114 heavy (non-hydrogen) atoms. The summed E-state index contributed by atoms with van der Waals surface area (Å²) in [5, 5.41) is 24.8. The molecular formula is C82H123NO31. The third-order valence-corrected chi connectivity index (χ3v) is 16.2. The molecule has 0 atom stereocenters. The molecule has 5 aromatic rings. The number of amides is 1. The van der Waals surface area contributed by atoms with Gasteiger partial charge < -0.3 is 143 Å². The van der Waals surface area contributed by atoms with Crippen LogP contribution in [0.5, 0.6) is 46.0 Å². The number of carbonyl (C=O) groups is 2. The van der Waals surface area contributed by atoms with Crippen LogP contribution in [0.25, 0.3) is 0 Å². The highest BCUT2D eigenvalue weighted by atomic mass is 16.6. The number of hydrogen-bond acceptors (Lipinski definition) is 31. The molecule has 0 aliphatic heterocycles. The van der Waals surface area contributed by atoms with Gasteiger partial charge in [-0.15, -0.1) is 0 Å². The van der Waals surface area contributed by atoms with Gasteiger partial charge in [0.15, 0.2) is 23.0 Å². The van der Waals surface area contributed by atoms with Crippen molar-refractivity contribution in [3.63, 3.8) is 0 Å². The highest BCUT2D eigenvalue weighted by Gasteiger charge is 2.31. The number of esters is 1. The smallest absolute Gasteiger partial charge is 0.338 e. The van der Waals surface area contributed by atoms with Crippen LogP contribution in [0.15, 0.2) is 103 Å². The van der Waals surface area contributed by atoms with Gasteiger partial charge in [-0.1, -0.05) is 54.6 Å². The Balaban J connectivity index is 1.28. The molecule has 32 nitrogen and oxygen atoms in total. The molecule has 32 heteroatoms. The summed E-state index contributed by atoms with van der Waals surface area (Å²) >= 11 is 0. The van der Waals surface area contributed by atoms with Gasteiger partial charge >= 0.3 is 5.97 Å². The van der Waals surface area contributed by atoms with E-state index in [2.05, 4.69) is 5.32 Å². The summed E-state index contributed by atoms with van der Waals surface area (Å²) in [5.41, 5.74) is 1.74. The van der Waals surface area contributed by atoms with Crippen molar-refractivity contribution in [1.82, 2.24) is 5.32 Å². The number of rotatable bonds is 77. The molecule has 5 aromatic carbocycles. The second kappa shape index (κ2) is 65.7. The molecule has 0 saturated heterocycles. The van der Waals surface area contributed by atoms with Crippen LogP contribution in [0, 0.1) is 5.41 Å². The van der Waals surface area contributed by atoms with Crippen LogP contribution in [0.4, 0.5) is 0 Å². The number of benzene rings is 5. The molecule has 0 aliphatic carbocycles. The van der Waals surface area contributed by atoms with Gasteiger partial charge in [-0.3, -0.25) is 4.79 Å². The summed E-state index contributed by atoms with van der Waals surface area (Å²) in [5.74, 6) is 0.933. The van der Waals surface area contributed by atoms with Gasteiger partial charge in [-0.25, -0.2) is 4.79 Å². The summed E-state index contributed by atoms with van der Waals surface area (Å²) in [7, 11) is 8.01. The van der Waals surface area contributed by atoms with Crippen LogP contribution < -0.4 is 43.2 Å². The molecule has 0 bridgehead atoms. The Morgan fingerprint density at radius 2 is 0.579 bits per heavy atom. The first-order valence-electron chi connectivity index (χ1n) is 38.4. The molecule has 0 radical (unpaired) electrons. The van der Waals surface area contributed by atoms with Crippen molar-refractivity contribution in [2.45, 2.75) is 26.2 Å². The van der Waals surface area contributed by atoms with E-state index in [1.54, 1.807) is 35.5 Å². The second-order valence-corrected chi connectivity index (χ2v) is 24.7. The first-order valence-corrected chi connectivity index (χ1v) is 38.4. The summed E-state index contributed by atoms with van der Waals surface area (Å²) in [6.07, 6.45) is -0.117. The van der Waals surface area contributed by atoms with Crippen molar-refractivity contribution in [2.24, 2.45) is 5.41 Å². The van der Waals surface area contributed by atoms with Gasteiger partial charge in [0.2, 0.25) is 11.5 Å². The van der Waals surface area contributed by atoms with Crippen LogP contribution in [0.2, 0.25) is 0 Å². The number of aliphatic hydroxyl groups is 2. The van der Waals surface area contributed by atoms with Gasteiger partial charge in [0.05, 0.1) is 258 Å². The Morgan fingerprint density at radius 1 is 0.307 bits per heavy atom. The van der Waals surface area contributed by atoms with E-state index >= 15 is 0 Å². The predicted octanol–water partition coefficient (Wildman–Crippen LogP) is 6.71. The van der Waals surface area contributed by atoms with E-state index in [0.29, 0.717) is 145 Å². The van der Waals surface area contributed by atoms with E-state index in [1.165, 1.54) is 24.3 Å². The Kier molecular flexibility index (Phi) is 56.1. The topological polar surface area (TPSA) is 336 Å². The average Bonchev–Trinajstić information content (AvgIpc) is 0.816. The summed E-state index contributed by atoms with van der Waals surface area (Å²) < 4.78 is 155. The average molecular weight is 1620 g/mol. The Morgan fingerprint density at radius 3 is 0.877 bits per heavy atom. The summed E-state index contributed by atoms with van der Waals surface area (Å²) in [6.45, 7) is 8.84. The molecule has 0 aliphatic rings. The fourth-order valence-electron chi connectivity index (χ4n) is 9.88. The standard InChI is InChI=1S/C82H123NO31/c1-88-21-24-93-27-33-99-45-51-108-74-57-70(58-75(109-52-46-100-34-28-94-25-22-89-2)78(74)112-55-49-103-35-29-95-26-23-90-3)80(86)83-64-82(65-84,66-85)19-20-114-81(87)71-59-76(110-53-47-101-36-30-96-40-43-106-62-68-11-15-72(91-4)16-12-68)79(113-56-50-104-38-32-98-39-42-105-61-67-9-7-6-8-10-67)77(60-71)111-54-48-102-37-31-97-41-44-107-63-69-13-17-73(92-5)18-14-69/h6-18,57-60,84-85H,19-56,61-66H2,1-5H3,(H,83,86). The highest BCUT2D eigenvalue weighted by molar-refractivity contribution is 5.95. The first-order chi connectivity index (χ1) is 56.2. The third kappa shape index (κ3) is 44.7. The lowest BCUT2D eigenvalue weighted by Crippen LogP contribution is -2.43. The Bertz CT molecular complexity index is 3020. The minimum atomic E-state index is -1.42. The van der Waals surface area contributed by atoms with Crippen LogP contribution in [0.3, 0.4) is 0 Å². The molecule has 0 heterocycles. The van der Waals surface area contributed by atoms with E-state index in [4.69, 9.17) is 128 Å². The zero-order valence-corrected chi connectivity index (χ0v) is 67.2. The van der Waals surface area contributed by atoms with Gasteiger partial charge in [0, 0.05) is 38.9 Å². The maximum absolute atomic E-state index is 14.4. The number of hydrogen-bond donors (Lipinski definition) is 3. The molecule has 5 rings (SSSR count). The number of ether oxygens (including phenoxy) is 27. The van der Waals surface area contributed by atoms with Crippen molar-refractivity contribution in [3.8, 4) is 46.0 Å². The fraction of sp³-hybridized carbons (Fsp3) is 0.610. The van der Waals surface area contributed by atoms with Crippen LogP contribution >= 0.6 is 0 Å². The molecule has 0 aromatic heterocycles. The number of carbonyl (C=O) groups excluding carboxylic acids is 2. The zero-order valence-electron chi connectivity index (χ0n) is 67.2. The van der Waals surface area contributed by atoms with Crippen molar-refractivity contribution in [3.05, 3.63) is 131 Å².